The van der Waals surface area contributed by atoms with Crippen LogP contribution in [0.2, 0.25) is 0 Å². The summed E-state index contributed by atoms with van der Waals surface area (Å²) in [6.07, 6.45) is 0. The second kappa shape index (κ2) is 9.60. The van der Waals surface area contributed by atoms with Crippen LogP contribution in [-0.2, 0) is 9.53 Å². The Morgan fingerprint density at radius 1 is 0.867 bits per heavy atom. The van der Waals surface area contributed by atoms with Gasteiger partial charge in [0, 0.05) is 11.1 Å². The maximum Gasteiger partial charge on any atom is 0.339 e. The number of nitrogens with one attached hydrogen (secondary N) is 1. The van der Waals surface area contributed by atoms with Gasteiger partial charge in [0.1, 0.15) is 5.82 Å². The third kappa shape index (κ3) is 5.17. The topological polar surface area (TPSA) is 72.5 Å². The summed E-state index contributed by atoms with van der Waals surface area (Å²) in [7, 11) is 0. The first-order valence-corrected chi connectivity index (χ1v) is 9.36. The quantitative estimate of drug-likeness (QED) is 0.475. The third-order valence-corrected chi connectivity index (χ3v) is 4.51. The summed E-state index contributed by atoms with van der Waals surface area (Å²) in [6.45, 7) is 1.24. The second-order valence-corrected chi connectivity index (χ2v) is 6.66. The lowest BCUT2D eigenvalue weighted by atomic mass is 9.98. The van der Waals surface area contributed by atoms with Gasteiger partial charge in [-0.3, -0.25) is 9.59 Å². The molecule has 152 valence electrons. The molecular formula is C24H20FNO4. The first-order chi connectivity index (χ1) is 14.5. The van der Waals surface area contributed by atoms with Crippen molar-refractivity contribution in [3.63, 3.8) is 0 Å². The van der Waals surface area contributed by atoms with E-state index in [0.717, 1.165) is 5.56 Å². The van der Waals surface area contributed by atoms with E-state index in [1.807, 2.05) is 0 Å². The van der Waals surface area contributed by atoms with Crippen LogP contribution < -0.4 is 5.32 Å². The standard InChI is InChI=1S/C24H20FNO4/c1-16(17-11-13-19(25)14-12-17)26-22(27)15-30-24(29)21-10-6-5-9-20(21)23(28)18-7-3-2-4-8-18/h2-14,16H,15H2,1H3,(H,26,27)/t16-/m1/s1. The van der Waals surface area contributed by atoms with Gasteiger partial charge in [-0.1, -0.05) is 60.7 Å². The highest BCUT2D eigenvalue weighted by molar-refractivity contribution is 6.14. The molecule has 0 unspecified atom stereocenters. The van der Waals surface area contributed by atoms with E-state index in [1.54, 1.807) is 67.6 Å². The number of carbonyl (C=O) groups excluding carboxylic acids is 3. The molecule has 0 fully saturated rings. The van der Waals surface area contributed by atoms with Gasteiger partial charge in [0.05, 0.1) is 11.6 Å². The van der Waals surface area contributed by atoms with Crippen molar-refractivity contribution in [2.75, 3.05) is 6.61 Å². The lowest BCUT2D eigenvalue weighted by Crippen LogP contribution is -2.31. The van der Waals surface area contributed by atoms with Gasteiger partial charge in [-0.15, -0.1) is 0 Å². The SMILES string of the molecule is C[C@@H](NC(=O)COC(=O)c1ccccc1C(=O)c1ccccc1)c1ccc(F)cc1. The van der Waals surface area contributed by atoms with Gasteiger partial charge in [0.25, 0.3) is 5.91 Å². The molecule has 0 aliphatic rings. The van der Waals surface area contributed by atoms with Crippen molar-refractivity contribution in [3.05, 3.63) is 107 Å². The minimum atomic E-state index is -0.764. The predicted octanol–water partition coefficient (Wildman–Crippen LogP) is 4.09. The number of hydrogen-bond acceptors (Lipinski definition) is 4. The fraction of sp³-hybridized carbons (Fsp3) is 0.125. The highest BCUT2D eigenvalue weighted by atomic mass is 19.1. The molecule has 3 aromatic rings. The largest absolute Gasteiger partial charge is 0.452 e. The predicted molar refractivity (Wildman–Crippen MR) is 110 cm³/mol. The van der Waals surface area contributed by atoms with Crippen molar-refractivity contribution in [2.24, 2.45) is 0 Å². The lowest BCUT2D eigenvalue weighted by molar-refractivity contribution is -0.124. The summed E-state index contributed by atoms with van der Waals surface area (Å²) < 4.78 is 18.1. The highest BCUT2D eigenvalue weighted by Crippen LogP contribution is 2.16. The molecule has 0 radical (unpaired) electrons. The first kappa shape index (κ1) is 20.9. The summed E-state index contributed by atoms with van der Waals surface area (Å²) >= 11 is 0. The molecule has 0 saturated carbocycles. The van der Waals surface area contributed by atoms with Crippen LogP contribution in [0, 0.1) is 5.82 Å². The first-order valence-electron chi connectivity index (χ1n) is 9.36. The van der Waals surface area contributed by atoms with E-state index < -0.39 is 18.5 Å². The molecule has 0 saturated heterocycles. The van der Waals surface area contributed by atoms with E-state index in [2.05, 4.69) is 5.32 Å². The molecular weight excluding hydrogens is 385 g/mol. The van der Waals surface area contributed by atoms with E-state index in [9.17, 15) is 18.8 Å². The summed E-state index contributed by atoms with van der Waals surface area (Å²) in [5.41, 5.74) is 1.46. The number of hydrogen-bond donors (Lipinski definition) is 1. The normalized spacial score (nSPS) is 11.4. The van der Waals surface area contributed by atoms with Gasteiger partial charge in [0.2, 0.25) is 0 Å². The Hall–Kier alpha value is -3.80. The zero-order valence-corrected chi connectivity index (χ0v) is 16.3. The molecule has 1 amide bonds. The summed E-state index contributed by atoms with van der Waals surface area (Å²) in [5.74, 6) is -1.95. The van der Waals surface area contributed by atoms with E-state index in [0.29, 0.717) is 5.56 Å². The third-order valence-electron chi connectivity index (χ3n) is 4.51. The van der Waals surface area contributed by atoms with Crippen LogP contribution in [0.1, 0.15) is 44.8 Å². The molecule has 6 heteroatoms. The smallest absolute Gasteiger partial charge is 0.339 e. The van der Waals surface area contributed by atoms with Crippen molar-refractivity contribution in [1.82, 2.24) is 5.32 Å². The number of esters is 1. The minimum absolute atomic E-state index is 0.0886. The maximum atomic E-state index is 13.0. The number of halogens is 1. The maximum absolute atomic E-state index is 13.0. The molecule has 0 aromatic heterocycles. The Kier molecular flexibility index (Phi) is 6.70. The molecule has 3 aromatic carbocycles. The Bertz CT molecular complexity index is 1050. The monoisotopic (exact) mass is 405 g/mol. The second-order valence-electron chi connectivity index (χ2n) is 6.66. The van der Waals surface area contributed by atoms with Crippen LogP contribution in [0.25, 0.3) is 0 Å². The van der Waals surface area contributed by atoms with Crippen LogP contribution in [0.5, 0.6) is 0 Å². The van der Waals surface area contributed by atoms with Crippen LogP contribution in [0.3, 0.4) is 0 Å². The molecule has 0 aliphatic heterocycles. The number of benzene rings is 3. The van der Waals surface area contributed by atoms with Crippen molar-refractivity contribution in [1.29, 1.82) is 0 Å². The summed E-state index contributed by atoms with van der Waals surface area (Å²) in [4.78, 5) is 37.4. The van der Waals surface area contributed by atoms with E-state index in [1.165, 1.54) is 18.2 Å². The zero-order chi connectivity index (χ0) is 21.5. The van der Waals surface area contributed by atoms with Crippen LogP contribution in [-0.4, -0.2) is 24.3 Å². The van der Waals surface area contributed by atoms with Gasteiger partial charge in [-0.2, -0.15) is 0 Å². The average Bonchev–Trinajstić information content (AvgIpc) is 2.78. The fourth-order valence-corrected chi connectivity index (χ4v) is 2.93. The van der Waals surface area contributed by atoms with Crippen molar-refractivity contribution in [2.45, 2.75) is 13.0 Å². The molecule has 5 nitrogen and oxygen atoms in total. The van der Waals surface area contributed by atoms with Crippen molar-refractivity contribution < 1.29 is 23.5 Å². The molecule has 3 rings (SSSR count). The van der Waals surface area contributed by atoms with Gasteiger partial charge in [-0.05, 0) is 30.7 Å². The molecule has 0 spiro atoms. The summed E-state index contributed by atoms with van der Waals surface area (Å²) in [5, 5.41) is 2.68. The Labute approximate surface area is 173 Å². The number of ether oxygens (including phenoxy) is 1. The van der Waals surface area contributed by atoms with Crippen LogP contribution in [0.15, 0.2) is 78.9 Å². The van der Waals surface area contributed by atoms with Gasteiger partial charge in [0.15, 0.2) is 12.4 Å². The number of ketones is 1. The molecule has 1 atom stereocenters. The number of amides is 1. The van der Waals surface area contributed by atoms with Crippen molar-refractivity contribution in [3.8, 4) is 0 Å². The van der Waals surface area contributed by atoms with E-state index in [4.69, 9.17) is 4.74 Å². The van der Waals surface area contributed by atoms with Crippen LogP contribution in [0.4, 0.5) is 4.39 Å². The van der Waals surface area contributed by atoms with Gasteiger partial charge >= 0.3 is 5.97 Å². The lowest BCUT2D eigenvalue weighted by Gasteiger charge is -2.15. The van der Waals surface area contributed by atoms with Gasteiger partial charge in [-0.25, -0.2) is 9.18 Å². The molecule has 0 aliphatic carbocycles. The summed E-state index contributed by atoms with van der Waals surface area (Å²) in [6, 6.07) is 20.3. The van der Waals surface area contributed by atoms with Gasteiger partial charge < -0.3 is 10.1 Å². The zero-order valence-electron chi connectivity index (χ0n) is 16.3. The number of carbonyl (C=O) groups is 3. The van der Waals surface area contributed by atoms with E-state index >= 15 is 0 Å². The molecule has 0 heterocycles. The van der Waals surface area contributed by atoms with Crippen molar-refractivity contribution >= 4 is 17.7 Å². The number of rotatable bonds is 7. The fourth-order valence-electron chi connectivity index (χ4n) is 2.93. The average molecular weight is 405 g/mol. The Balaban J connectivity index is 1.63. The highest BCUT2D eigenvalue weighted by Gasteiger charge is 2.20. The molecule has 0 bridgehead atoms. The van der Waals surface area contributed by atoms with Crippen LogP contribution >= 0.6 is 0 Å². The minimum Gasteiger partial charge on any atom is -0.452 e. The molecule has 1 N–H and O–H groups in total. The molecule has 30 heavy (non-hydrogen) atoms. The Morgan fingerprint density at radius 3 is 2.13 bits per heavy atom. The Morgan fingerprint density at radius 2 is 1.47 bits per heavy atom. The van der Waals surface area contributed by atoms with E-state index in [-0.39, 0.29) is 28.8 Å².